The largest absolute Gasteiger partial charge is 0.419 e. The summed E-state index contributed by atoms with van der Waals surface area (Å²) in [5, 5.41) is 0. The molecular weight excluding hydrogens is 397 g/mol. The Bertz CT molecular complexity index is 1010. The fraction of sp³-hybridized carbons (Fsp3) is 0.550. The Hall–Kier alpha value is -2.62. The maximum atomic E-state index is 13.4. The smallest absolute Gasteiger partial charge is 0.383 e. The van der Waals surface area contributed by atoms with E-state index < -0.39 is 17.6 Å². The average Bonchev–Trinajstić information content (AvgIpc) is 3.46. The zero-order valence-corrected chi connectivity index (χ0v) is 16.1. The number of halogens is 3. The standard InChI is InChI=1S/C20H21F3N6O/c21-20(22,23)15-3-11(6-25-18(15)24)16-5-17(28-8-14-4-13(28)9-30-14)27-19(26-16)29-7-10-1-12(29)2-10/h3,5-6,10,12-14H,1-2,4,7-9H2,(H2,24,25). The predicted molar refractivity (Wildman–Crippen MR) is 104 cm³/mol. The van der Waals surface area contributed by atoms with Crippen LogP contribution >= 0.6 is 0 Å². The van der Waals surface area contributed by atoms with Gasteiger partial charge in [-0.3, -0.25) is 0 Å². The molecule has 1 saturated carbocycles. The van der Waals surface area contributed by atoms with Crippen LogP contribution in [0.5, 0.6) is 0 Å². The Morgan fingerprint density at radius 1 is 1.03 bits per heavy atom. The molecule has 5 aliphatic rings. The van der Waals surface area contributed by atoms with Gasteiger partial charge in [-0.15, -0.1) is 0 Å². The minimum Gasteiger partial charge on any atom is -0.383 e. The molecule has 7 rings (SSSR count). The normalized spacial score (nSPS) is 29.6. The number of pyridine rings is 1. The molecule has 4 saturated heterocycles. The lowest BCUT2D eigenvalue weighted by atomic mass is 9.86. The molecule has 158 valence electrons. The van der Waals surface area contributed by atoms with Crippen LogP contribution in [0.4, 0.5) is 30.8 Å². The maximum Gasteiger partial charge on any atom is 0.419 e. The van der Waals surface area contributed by atoms with Gasteiger partial charge in [0.1, 0.15) is 11.6 Å². The van der Waals surface area contributed by atoms with E-state index in [1.54, 1.807) is 6.07 Å². The van der Waals surface area contributed by atoms with Crippen LogP contribution in [0.1, 0.15) is 24.8 Å². The van der Waals surface area contributed by atoms with E-state index >= 15 is 0 Å². The number of nitrogen functional groups attached to an aromatic ring is 1. The lowest BCUT2D eigenvalue weighted by Crippen LogP contribution is -2.38. The van der Waals surface area contributed by atoms with Crippen LogP contribution in [-0.2, 0) is 10.9 Å². The molecule has 0 amide bonds. The van der Waals surface area contributed by atoms with Gasteiger partial charge in [0.2, 0.25) is 5.95 Å². The summed E-state index contributed by atoms with van der Waals surface area (Å²) in [5.74, 6) is 1.45. The number of morpholine rings is 1. The number of nitrogens with two attached hydrogens (primary N) is 1. The van der Waals surface area contributed by atoms with E-state index in [9.17, 15) is 13.2 Å². The second-order valence-corrected chi connectivity index (χ2v) is 8.71. The molecule has 4 aliphatic heterocycles. The number of rotatable bonds is 3. The predicted octanol–water partition coefficient (Wildman–Crippen LogP) is 2.72. The second kappa shape index (κ2) is 6.19. The first kappa shape index (κ1) is 18.2. The van der Waals surface area contributed by atoms with Gasteiger partial charge in [0.15, 0.2) is 0 Å². The van der Waals surface area contributed by atoms with Crippen molar-refractivity contribution in [2.24, 2.45) is 5.92 Å². The molecule has 0 spiro atoms. The van der Waals surface area contributed by atoms with Crippen molar-refractivity contribution in [2.45, 2.75) is 43.6 Å². The van der Waals surface area contributed by atoms with Gasteiger partial charge in [0, 0.05) is 37.0 Å². The van der Waals surface area contributed by atoms with Crippen LogP contribution in [0.15, 0.2) is 18.3 Å². The lowest BCUT2D eigenvalue weighted by molar-refractivity contribution is -0.137. The van der Waals surface area contributed by atoms with E-state index in [1.807, 2.05) is 0 Å². The Morgan fingerprint density at radius 2 is 1.87 bits per heavy atom. The van der Waals surface area contributed by atoms with Crippen molar-refractivity contribution in [2.75, 3.05) is 35.2 Å². The van der Waals surface area contributed by atoms with Crippen LogP contribution in [0.25, 0.3) is 11.3 Å². The highest BCUT2D eigenvalue weighted by atomic mass is 19.4. The number of nitrogens with zero attached hydrogens (tertiary/aromatic N) is 5. The molecule has 2 N–H and O–H groups in total. The highest BCUT2D eigenvalue weighted by molar-refractivity contribution is 5.67. The van der Waals surface area contributed by atoms with Gasteiger partial charge in [-0.2, -0.15) is 18.2 Å². The number of ether oxygens (including phenoxy) is 1. The second-order valence-electron chi connectivity index (χ2n) is 8.71. The van der Waals surface area contributed by atoms with Gasteiger partial charge in [-0.25, -0.2) is 9.97 Å². The molecule has 2 atom stereocenters. The zero-order chi connectivity index (χ0) is 20.6. The molecule has 7 nitrogen and oxygen atoms in total. The molecule has 0 aromatic carbocycles. The van der Waals surface area contributed by atoms with Gasteiger partial charge >= 0.3 is 6.18 Å². The number of anilines is 3. The number of hydrogen-bond donors (Lipinski definition) is 1. The third-order valence-corrected chi connectivity index (χ3v) is 6.78. The number of fused-ring (bicyclic) bond motifs is 3. The van der Waals surface area contributed by atoms with Crippen molar-refractivity contribution in [1.82, 2.24) is 15.0 Å². The van der Waals surface area contributed by atoms with Gasteiger partial charge in [-0.1, -0.05) is 0 Å². The van der Waals surface area contributed by atoms with Crippen molar-refractivity contribution in [3.05, 3.63) is 23.9 Å². The summed E-state index contributed by atoms with van der Waals surface area (Å²) in [7, 11) is 0. The number of alkyl halides is 3. The third-order valence-electron chi connectivity index (χ3n) is 6.78. The Kier molecular flexibility index (Phi) is 3.75. The third kappa shape index (κ3) is 2.80. The highest BCUT2D eigenvalue weighted by Gasteiger charge is 2.45. The molecule has 1 aliphatic carbocycles. The van der Waals surface area contributed by atoms with Crippen LogP contribution < -0.4 is 15.5 Å². The van der Waals surface area contributed by atoms with E-state index in [0.717, 1.165) is 44.2 Å². The highest BCUT2D eigenvalue weighted by Crippen LogP contribution is 2.43. The molecule has 0 radical (unpaired) electrons. The summed E-state index contributed by atoms with van der Waals surface area (Å²) < 4.78 is 45.8. The fourth-order valence-electron chi connectivity index (χ4n) is 5.14. The molecule has 4 bridgehead atoms. The van der Waals surface area contributed by atoms with Crippen molar-refractivity contribution in [3.63, 3.8) is 0 Å². The minimum atomic E-state index is -4.58. The number of aromatic nitrogens is 3. The van der Waals surface area contributed by atoms with Crippen molar-refractivity contribution in [1.29, 1.82) is 0 Å². The van der Waals surface area contributed by atoms with Crippen LogP contribution in [0, 0.1) is 5.92 Å². The Labute approximate surface area is 171 Å². The summed E-state index contributed by atoms with van der Waals surface area (Å²) in [5.41, 5.74) is 5.25. The van der Waals surface area contributed by atoms with E-state index in [2.05, 4.69) is 19.8 Å². The van der Waals surface area contributed by atoms with E-state index in [4.69, 9.17) is 15.5 Å². The summed E-state index contributed by atoms with van der Waals surface area (Å²) in [6.45, 7) is 2.28. The summed E-state index contributed by atoms with van der Waals surface area (Å²) in [4.78, 5) is 17.7. The van der Waals surface area contributed by atoms with Crippen LogP contribution in [0.3, 0.4) is 0 Å². The van der Waals surface area contributed by atoms with Gasteiger partial charge in [0.25, 0.3) is 0 Å². The quantitative estimate of drug-likeness (QED) is 0.821. The molecule has 5 fully saturated rings. The molecule has 10 heteroatoms. The van der Waals surface area contributed by atoms with Gasteiger partial charge in [-0.05, 0) is 31.2 Å². The first-order chi connectivity index (χ1) is 14.3. The topological polar surface area (TPSA) is 80.4 Å². The van der Waals surface area contributed by atoms with Crippen molar-refractivity contribution in [3.8, 4) is 11.3 Å². The van der Waals surface area contributed by atoms with E-state index in [0.29, 0.717) is 30.2 Å². The van der Waals surface area contributed by atoms with Crippen LogP contribution in [0.2, 0.25) is 0 Å². The van der Waals surface area contributed by atoms with Crippen molar-refractivity contribution >= 4 is 17.6 Å². The average molecular weight is 418 g/mol. The summed E-state index contributed by atoms with van der Waals surface area (Å²) in [6.07, 6.45) is 0.174. The van der Waals surface area contributed by atoms with Crippen molar-refractivity contribution < 1.29 is 17.9 Å². The first-order valence-corrected chi connectivity index (χ1v) is 10.2. The zero-order valence-electron chi connectivity index (χ0n) is 16.1. The van der Waals surface area contributed by atoms with E-state index in [1.165, 1.54) is 6.20 Å². The Balaban J connectivity index is 1.44. The van der Waals surface area contributed by atoms with Crippen LogP contribution in [-0.4, -0.2) is 52.8 Å². The lowest BCUT2D eigenvalue weighted by Gasteiger charge is -2.30. The fourth-order valence-corrected chi connectivity index (χ4v) is 5.14. The minimum absolute atomic E-state index is 0.187. The molecule has 2 aromatic rings. The summed E-state index contributed by atoms with van der Waals surface area (Å²) in [6, 6.07) is 3.46. The first-order valence-electron chi connectivity index (χ1n) is 10.2. The molecule has 2 unspecified atom stereocenters. The molecule has 2 aromatic heterocycles. The summed E-state index contributed by atoms with van der Waals surface area (Å²) >= 11 is 0. The molecule has 30 heavy (non-hydrogen) atoms. The SMILES string of the molecule is Nc1ncc(-c2cc(N3CC4CC3CO4)nc(N3CC4CC3C4)n2)cc1C(F)(F)F. The van der Waals surface area contributed by atoms with Gasteiger partial charge < -0.3 is 20.3 Å². The molecular formula is C20H21F3N6O. The number of hydrogen-bond acceptors (Lipinski definition) is 7. The Morgan fingerprint density at radius 3 is 2.50 bits per heavy atom. The maximum absolute atomic E-state index is 13.4. The van der Waals surface area contributed by atoms with Gasteiger partial charge in [0.05, 0.1) is 30.0 Å². The van der Waals surface area contributed by atoms with E-state index in [-0.39, 0.29) is 17.7 Å². The monoisotopic (exact) mass is 418 g/mol. The molecule has 6 heterocycles.